The first-order valence-corrected chi connectivity index (χ1v) is 7.04. The molecule has 1 aromatic rings. The highest BCUT2D eigenvalue weighted by Crippen LogP contribution is 2.26. The van der Waals surface area contributed by atoms with Gasteiger partial charge in [-0.05, 0) is 24.3 Å². The molecule has 0 heterocycles. The number of hydrogen-bond acceptors (Lipinski definition) is 0. The number of unbranched alkanes of at least 4 members (excludes halogenated alkanes) is 4. The Bertz CT molecular complexity index is 286. The van der Waals surface area contributed by atoms with Crippen molar-refractivity contribution in [2.24, 2.45) is 0 Å². The molecule has 0 aliphatic carbocycles. The van der Waals surface area contributed by atoms with E-state index in [4.69, 9.17) is 0 Å². The summed E-state index contributed by atoms with van der Waals surface area (Å²) < 4.78 is 0. The summed E-state index contributed by atoms with van der Waals surface area (Å²) in [5.74, 6) is 0.676. The molecule has 0 heteroatoms. The van der Waals surface area contributed by atoms with Gasteiger partial charge in [-0.1, -0.05) is 75.4 Å². The molecule has 0 aromatic heterocycles. The third kappa shape index (κ3) is 5.72. The average Bonchev–Trinajstić information content (AvgIpc) is 2.38. The first-order chi connectivity index (χ1) is 8.38. The molecule has 94 valence electrons. The van der Waals surface area contributed by atoms with Crippen molar-refractivity contribution >= 4 is 0 Å². The van der Waals surface area contributed by atoms with Crippen LogP contribution in [0.3, 0.4) is 0 Å². The molecule has 0 aliphatic heterocycles. The van der Waals surface area contributed by atoms with Gasteiger partial charge >= 0.3 is 0 Å². The van der Waals surface area contributed by atoms with Crippen LogP contribution in [0.5, 0.6) is 0 Å². The molecule has 0 fully saturated rings. The van der Waals surface area contributed by atoms with Gasteiger partial charge in [0.25, 0.3) is 0 Å². The third-order valence-electron chi connectivity index (χ3n) is 3.38. The van der Waals surface area contributed by atoms with Gasteiger partial charge < -0.3 is 0 Å². The largest absolute Gasteiger partial charge is 0.103 e. The molecule has 0 nitrogen and oxygen atoms in total. The second kappa shape index (κ2) is 9.04. The Kier molecular flexibility index (Phi) is 7.46. The molecule has 0 bridgehead atoms. The van der Waals surface area contributed by atoms with Crippen LogP contribution >= 0.6 is 0 Å². The molecule has 17 heavy (non-hydrogen) atoms. The van der Waals surface area contributed by atoms with E-state index in [2.05, 4.69) is 49.9 Å². The van der Waals surface area contributed by atoms with E-state index < -0.39 is 0 Å². The lowest BCUT2D eigenvalue weighted by atomic mass is 9.90. The van der Waals surface area contributed by atoms with Gasteiger partial charge in [-0.2, -0.15) is 0 Å². The van der Waals surface area contributed by atoms with Gasteiger partial charge in [-0.3, -0.25) is 0 Å². The lowest BCUT2D eigenvalue weighted by Crippen LogP contribution is -1.97. The molecule has 0 radical (unpaired) electrons. The van der Waals surface area contributed by atoms with Crippen molar-refractivity contribution in [3.8, 4) is 0 Å². The molecule has 1 unspecified atom stereocenters. The van der Waals surface area contributed by atoms with Crippen molar-refractivity contribution in [1.29, 1.82) is 0 Å². The van der Waals surface area contributed by atoms with Gasteiger partial charge in [-0.15, -0.1) is 6.58 Å². The summed E-state index contributed by atoms with van der Waals surface area (Å²) in [5.41, 5.74) is 1.47. The van der Waals surface area contributed by atoms with Crippen LogP contribution < -0.4 is 0 Å². The van der Waals surface area contributed by atoms with Crippen molar-refractivity contribution in [3.63, 3.8) is 0 Å². The number of rotatable bonds is 9. The predicted molar refractivity (Wildman–Crippen MR) is 77.4 cm³/mol. The Balaban J connectivity index is 2.36. The van der Waals surface area contributed by atoms with Crippen molar-refractivity contribution in [1.82, 2.24) is 0 Å². The third-order valence-corrected chi connectivity index (χ3v) is 3.38. The summed E-state index contributed by atoms with van der Waals surface area (Å²) in [6.07, 6.45) is 11.3. The van der Waals surface area contributed by atoms with Gasteiger partial charge in [0.1, 0.15) is 0 Å². The fourth-order valence-corrected chi connectivity index (χ4v) is 2.34. The standard InChI is InChI=1S/C17H26/c1-3-5-6-7-9-13-16(12-4-2)17-14-10-8-11-15-17/h4,8,10-11,14-16H,2-3,5-7,9,12-13H2,1H3. The molecule has 0 amide bonds. The Labute approximate surface area is 107 Å². The van der Waals surface area contributed by atoms with Gasteiger partial charge in [0.2, 0.25) is 0 Å². The lowest BCUT2D eigenvalue weighted by Gasteiger charge is -2.15. The van der Waals surface area contributed by atoms with Crippen LogP contribution in [0.4, 0.5) is 0 Å². The summed E-state index contributed by atoms with van der Waals surface area (Å²) in [4.78, 5) is 0. The second-order valence-electron chi connectivity index (χ2n) is 4.83. The minimum absolute atomic E-state index is 0.676. The summed E-state index contributed by atoms with van der Waals surface area (Å²) in [7, 11) is 0. The maximum atomic E-state index is 3.88. The van der Waals surface area contributed by atoms with Gasteiger partial charge in [0, 0.05) is 0 Å². The highest BCUT2D eigenvalue weighted by Gasteiger charge is 2.08. The Morgan fingerprint density at radius 1 is 1.06 bits per heavy atom. The fourth-order valence-electron chi connectivity index (χ4n) is 2.34. The lowest BCUT2D eigenvalue weighted by molar-refractivity contribution is 0.548. The van der Waals surface area contributed by atoms with Crippen LogP contribution in [-0.4, -0.2) is 0 Å². The molecular weight excluding hydrogens is 204 g/mol. The Morgan fingerprint density at radius 2 is 1.76 bits per heavy atom. The van der Waals surface area contributed by atoms with Crippen LogP contribution in [0.25, 0.3) is 0 Å². The summed E-state index contributed by atoms with van der Waals surface area (Å²) in [6, 6.07) is 10.9. The minimum Gasteiger partial charge on any atom is -0.103 e. The minimum atomic E-state index is 0.676. The van der Waals surface area contributed by atoms with Crippen molar-refractivity contribution in [2.45, 2.75) is 57.8 Å². The first-order valence-electron chi connectivity index (χ1n) is 7.04. The van der Waals surface area contributed by atoms with Crippen LogP contribution in [-0.2, 0) is 0 Å². The van der Waals surface area contributed by atoms with Crippen molar-refractivity contribution < 1.29 is 0 Å². The van der Waals surface area contributed by atoms with Crippen LogP contribution in [0.1, 0.15) is 63.4 Å². The fraction of sp³-hybridized carbons (Fsp3) is 0.529. The van der Waals surface area contributed by atoms with Gasteiger partial charge in [0.15, 0.2) is 0 Å². The van der Waals surface area contributed by atoms with E-state index in [-0.39, 0.29) is 0 Å². The smallest absolute Gasteiger partial charge is 0.0127 e. The summed E-state index contributed by atoms with van der Waals surface area (Å²) in [6.45, 7) is 6.15. The summed E-state index contributed by atoms with van der Waals surface area (Å²) in [5, 5.41) is 0. The monoisotopic (exact) mass is 230 g/mol. The zero-order valence-electron chi connectivity index (χ0n) is 11.2. The maximum absolute atomic E-state index is 3.88. The van der Waals surface area contributed by atoms with E-state index in [9.17, 15) is 0 Å². The molecule has 0 spiro atoms. The molecule has 0 N–H and O–H groups in total. The molecule has 0 aliphatic rings. The maximum Gasteiger partial charge on any atom is -0.0127 e. The van der Waals surface area contributed by atoms with Crippen molar-refractivity contribution in [2.75, 3.05) is 0 Å². The highest BCUT2D eigenvalue weighted by molar-refractivity contribution is 5.20. The van der Waals surface area contributed by atoms with Gasteiger partial charge in [0.05, 0.1) is 0 Å². The highest BCUT2D eigenvalue weighted by atomic mass is 14.1. The molecule has 1 atom stereocenters. The quantitative estimate of drug-likeness (QED) is 0.376. The van der Waals surface area contributed by atoms with E-state index in [1.807, 2.05) is 0 Å². The normalized spacial score (nSPS) is 12.3. The average molecular weight is 230 g/mol. The molecule has 0 saturated carbocycles. The van der Waals surface area contributed by atoms with Crippen LogP contribution in [0.2, 0.25) is 0 Å². The zero-order chi connectivity index (χ0) is 12.3. The van der Waals surface area contributed by atoms with E-state index >= 15 is 0 Å². The van der Waals surface area contributed by atoms with E-state index in [0.29, 0.717) is 5.92 Å². The van der Waals surface area contributed by atoms with Crippen molar-refractivity contribution in [3.05, 3.63) is 48.6 Å². The molecule has 0 saturated heterocycles. The van der Waals surface area contributed by atoms with Crippen LogP contribution in [0, 0.1) is 0 Å². The molecule has 1 aromatic carbocycles. The topological polar surface area (TPSA) is 0 Å². The zero-order valence-corrected chi connectivity index (χ0v) is 11.2. The number of hydrogen-bond donors (Lipinski definition) is 0. The Hall–Kier alpha value is -1.04. The second-order valence-corrected chi connectivity index (χ2v) is 4.83. The SMILES string of the molecule is C=CCC(CCCCCCC)c1ccccc1. The van der Waals surface area contributed by atoms with E-state index in [1.165, 1.54) is 44.1 Å². The van der Waals surface area contributed by atoms with Gasteiger partial charge in [-0.25, -0.2) is 0 Å². The number of allylic oxidation sites excluding steroid dienone is 1. The summed E-state index contributed by atoms with van der Waals surface area (Å²) >= 11 is 0. The molecule has 1 rings (SSSR count). The predicted octanol–water partition coefficient (Wildman–Crippen LogP) is 5.71. The first kappa shape index (κ1) is 14.0. The Morgan fingerprint density at radius 3 is 2.41 bits per heavy atom. The van der Waals surface area contributed by atoms with E-state index in [1.54, 1.807) is 0 Å². The van der Waals surface area contributed by atoms with E-state index in [0.717, 1.165) is 6.42 Å². The van der Waals surface area contributed by atoms with Crippen LogP contribution in [0.15, 0.2) is 43.0 Å². The number of benzene rings is 1. The molecular formula is C17H26.